The molecule has 31 heavy (non-hydrogen) atoms. The molecule has 0 unspecified atom stereocenters. The monoisotopic (exact) mass is 421 g/mol. The van der Waals surface area contributed by atoms with E-state index in [2.05, 4.69) is 30.9 Å². The van der Waals surface area contributed by atoms with Crippen LogP contribution >= 0.6 is 0 Å². The van der Waals surface area contributed by atoms with E-state index in [4.69, 9.17) is 0 Å². The molecule has 9 nitrogen and oxygen atoms in total. The molecule has 0 saturated heterocycles. The van der Waals surface area contributed by atoms with E-state index in [0.29, 0.717) is 17.9 Å². The minimum Gasteiger partial charge on any atom is -0.370 e. The third kappa shape index (κ3) is 6.05. The predicted molar refractivity (Wildman–Crippen MR) is 121 cm³/mol. The number of rotatable bonds is 8. The zero-order chi connectivity index (χ0) is 22.2. The van der Waals surface area contributed by atoms with Crippen molar-refractivity contribution in [3.8, 4) is 0 Å². The van der Waals surface area contributed by atoms with Gasteiger partial charge in [0.2, 0.25) is 5.91 Å². The van der Waals surface area contributed by atoms with E-state index in [1.54, 1.807) is 31.2 Å². The molecule has 162 valence electrons. The number of hydrogen-bond donors (Lipinski definition) is 3. The molecular formula is C22H27N7O2. The van der Waals surface area contributed by atoms with Gasteiger partial charge in [0.1, 0.15) is 18.7 Å². The molecule has 0 aliphatic rings. The fraction of sp³-hybridized carbons (Fsp3) is 0.273. The first-order valence-electron chi connectivity index (χ1n) is 10.0. The fourth-order valence-corrected chi connectivity index (χ4v) is 2.89. The van der Waals surface area contributed by atoms with Crippen LogP contribution in [0.4, 0.5) is 21.9 Å². The first kappa shape index (κ1) is 21.8. The van der Waals surface area contributed by atoms with Gasteiger partial charge in [-0.3, -0.25) is 4.79 Å². The largest absolute Gasteiger partial charge is 0.370 e. The number of nitrogens with one attached hydrogen (secondary N) is 3. The normalized spacial score (nSPS) is 12.5. The Kier molecular flexibility index (Phi) is 7.21. The lowest BCUT2D eigenvalue weighted by molar-refractivity contribution is -0.119. The molecule has 2 aromatic carbocycles. The van der Waals surface area contributed by atoms with Crippen molar-refractivity contribution in [3.63, 3.8) is 0 Å². The van der Waals surface area contributed by atoms with E-state index in [9.17, 15) is 9.59 Å². The molecule has 3 aromatic rings. The van der Waals surface area contributed by atoms with E-state index in [1.165, 1.54) is 17.3 Å². The Morgan fingerprint density at radius 3 is 2.26 bits per heavy atom. The van der Waals surface area contributed by atoms with Crippen LogP contribution in [-0.4, -0.2) is 46.3 Å². The van der Waals surface area contributed by atoms with Crippen LogP contribution in [0.2, 0.25) is 0 Å². The van der Waals surface area contributed by atoms with Crippen LogP contribution in [0.3, 0.4) is 0 Å². The highest BCUT2D eigenvalue weighted by atomic mass is 16.2. The van der Waals surface area contributed by atoms with Gasteiger partial charge >= 0.3 is 6.03 Å². The van der Waals surface area contributed by atoms with Crippen molar-refractivity contribution in [3.05, 3.63) is 67.3 Å². The van der Waals surface area contributed by atoms with Gasteiger partial charge in [-0.1, -0.05) is 18.2 Å². The molecule has 0 aliphatic carbocycles. The minimum absolute atomic E-state index is 0.123. The Balaban J connectivity index is 1.46. The molecule has 9 heteroatoms. The summed E-state index contributed by atoms with van der Waals surface area (Å²) in [7, 11) is 2.00. The van der Waals surface area contributed by atoms with Gasteiger partial charge in [-0.25, -0.2) is 14.5 Å². The van der Waals surface area contributed by atoms with Crippen LogP contribution in [-0.2, 0) is 4.79 Å². The van der Waals surface area contributed by atoms with Crippen molar-refractivity contribution in [1.82, 2.24) is 20.1 Å². The molecule has 3 N–H and O–H groups in total. The van der Waals surface area contributed by atoms with Gasteiger partial charge in [0.15, 0.2) is 0 Å². The van der Waals surface area contributed by atoms with Gasteiger partial charge in [-0.2, -0.15) is 5.10 Å². The number of carbonyl (C=O) groups is 2. The quantitative estimate of drug-likeness (QED) is 0.518. The second-order valence-corrected chi connectivity index (χ2v) is 7.25. The summed E-state index contributed by atoms with van der Waals surface area (Å²) in [6.07, 6.45) is 2.88. The Morgan fingerprint density at radius 2 is 1.65 bits per heavy atom. The van der Waals surface area contributed by atoms with Gasteiger partial charge in [-0.05, 0) is 50.2 Å². The number of amides is 3. The number of nitrogens with zero attached hydrogens (tertiary/aromatic N) is 4. The maximum atomic E-state index is 12.3. The molecule has 0 spiro atoms. The first-order chi connectivity index (χ1) is 14.9. The summed E-state index contributed by atoms with van der Waals surface area (Å²) in [6.45, 7) is 4.27. The average Bonchev–Trinajstić information content (AvgIpc) is 3.33. The molecule has 0 radical (unpaired) electrons. The van der Waals surface area contributed by atoms with E-state index in [-0.39, 0.29) is 18.0 Å². The molecule has 0 fully saturated rings. The van der Waals surface area contributed by atoms with Crippen LogP contribution in [0.25, 0.3) is 0 Å². The van der Waals surface area contributed by atoms with Crippen molar-refractivity contribution in [1.29, 1.82) is 0 Å². The lowest BCUT2D eigenvalue weighted by Crippen LogP contribution is -2.41. The molecule has 3 rings (SSSR count). The SMILES string of the molecule is C[C@H](CNC(=O)Nc1ccc(NC(=O)[C@H](C)n2cncn2)cc1)N(C)c1ccccc1. The van der Waals surface area contributed by atoms with Crippen molar-refractivity contribution in [2.24, 2.45) is 0 Å². The predicted octanol–water partition coefficient (Wildman–Crippen LogP) is 3.12. The van der Waals surface area contributed by atoms with Crippen molar-refractivity contribution < 1.29 is 9.59 Å². The topological polar surface area (TPSA) is 104 Å². The second-order valence-electron chi connectivity index (χ2n) is 7.25. The summed E-state index contributed by atoms with van der Waals surface area (Å²) in [4.78, 5) is 30.5. The van der Waals surface area contributed by atoms with Gasteiger partial charge in [0.25, 0.3) is 0 Å². The summed E-state index contributed by atoms with van der Waals surface area (Å²) < 4.78 is 1.48. The smallest absolute Gasteiger partial charge is 0.319 e. The van der Waals surface area contributed by atoms with Crippen LogP contribution in [0, 0.1) is 0 Å². The van der Waals surface area contributed by atoms with Crippen molar-refractivity contribution in [2.45, 2.75) is 25.9 Å². The number of hydrogen-bond acceptors (Lipinski definition) is 5. The zero-order valence-corrected chi connectivity index (χ0v) is 17.8. The Morgan fingerprint density at radius 1 is 1.00 bits per heavy atom. The van der Waals surface area contributed by atoms with Crippen LogP contribution in [0.5, 0.6) is 0 Å². The van der Waals surface area contributed by atoms with Crippen LogP contribution in [0.15, 0.2) is 67.3 Å². The second kappa shape index (κ2) is 10.2. The minimum atomic E-state index is -0.484. The number of aromatic nitrogens is 3. The summed E-state index contributed by atoms with van der Waals surface area (Å²) in [5.41, 5.74) is 2.35. The Hall–Kier alpha value is -3.88. The molecule has 0 bridgehead atoms. The van der Waals surface area contributed by atoms with E-state index in [0.717, 1.165) is 5.69 Å². The van der Waals surface area contributed by atoms with E-state index >= 15 is 0 Å². The summed E-state index contributed by atoms with van der Waals surface area (Å²) in [5, 5.41) is 12.5. The molecule has 1 heterocycles. The van der Waals surface area contributed by atoms with E-state index < -0.39 is 6.04 Å². The lowest BCUT2D eigenvalue weighted by Gasteiger charge is -2.27. The average molecular weight is 422 g/mol. The number of likely N-dealkylation sites (N-methyl/N-ethyl adjacent to an activating group) is 1. The standard InChI is InChI=1S/C22H27N7O2/c1-16(28(3)20-7-5-4-6-8-20)13-24-22(31)27-19-11-9-18(10-12-19)26-21(30)17(2)29-15-23-14-25-29/h4-12,14-17H,13H2,1-3H3,(H,26,30)(H2,24,27,31)/t16-,17+/m1/s1. The molecular weight excluding hydrogens is 394 g/mol. The highest BCUT2D eigenvalue weighted by molar-refractivity contribution is 5.94. The van der Waals surface area contributed by atoms with Gasteiger partial charge in [-0.15, -0.1) is 0 Å². The number of urea groups is 1. The molecule has 0 aliphatic heterocycles. The zero-order valence-electron chi connectivity index (χ0n) is 17.8. The first-order valence-corrected chi connectivity index (χ1v) is 10.0. The Labute approximate surface area is 181 Å². The molecule has 3 amide bonds. The molecule has 0 saturated carbocycles. The maximum absolute atomic E-state index is 12.3. The van der Waals surface area contributed by atoms with Crippen LogP contribution in [0.1, 0.15) is 19.9 Å². The number of anilines is 3. The van der Waals surface area contributed by atoms with Crippen molar-refractivity contribution in [2.75, 3.05) is 29.1 Å². The third-order valence-corrected chi connectivity index (χ3v) is 5.01. The summed E-state index contributed by atoms with van der Waals surface area (Å²) in [6, 6.07) is 16.3. The highest BCUT2D eigenvalue weighted by Crippen LogP contribution is 2.16. The lowest BCUT2D eigenvalue weighted by atomic mass is 10.2. The van der Waals surface area contributed by atoms with Gasteiger partial charge in [0.05, 0.1) is 0 Å². The Bertz CT molecular complexity index is 975. The highest BCUT2D eigenvalue weighted by Gasteiger charge is 2.15. The third-order valence-electron chi connectivity index (χ3n) is 5.01. The summed E-state index contributed by atoms with van der Waals surface area (Å²) in [5.74, 6) is -0.208. The number of benzene rings is 2. The van der Waals surface area contributed by atoms with Gasteiger partial charge < -0.3 is 20.9 Å². The molecule has 1 aromatic heterocycles. The molecule has 2 atom stereocenters. The van der Waals surface area contributed by atoms with Crippen LogP contribution < -0.4 is 20.9 Å². The number of para-hydroxylation sites is 1. The maximum Gasteiger partial charge on any atom is 0.319 e. The summed E-state index contributed by atoms with van der Waals surface area (Å²) >= 11 is 0. The van der Waals surface area contributed by atoms with Crippen molar-refractivity contribution >= 4 is 29.0 Å². The number of carbonyl (C=O) groups excluding carboxylic acids is 2. The van der Waals surface area contributed by atoms with Gasteiger partial charge in [0, 0.05) is 36.7 Å². The fourth-order valence-electron chi connectivity index (χ4n) is 2.89. The van der Waals surface area contributed by atoms with E-state index in [1.807, 2.05) is 44.3 Å².